The van der Waals surface area contributed by atoms with Crippen molar-refractivity contribution in [2.75, 3.05) is 5.32 Å². The number of hydrogen-bond donors (Lipinski definition) is 3. The number of guanidine groups is 1. The van der Waals surface area contributed by atoms with E-state index in [0.29, 0.717) is 6.54 Å². The van der Waals surface area contributed by atoms with Gasteiger partial charge in [0.15, 0.2) is 5.96 Å². The molecule has 0 aromatic heterocycles. The molecule has 1 aromatic carbocycles. The fourth-order valence-corrected chi connectivity index (χ4v) is 1.38. The van der Waals surface area contributed by atoms with Crippen molar-refractivity contribution in [3.05, 3.63) is 29.8 Å². The van der Waals surface area contributed by atoms with Crippen molar-refractivity contribution in [3.63, 3.8) is 0 Å². The van der Waals surface area contributed by atoms with Crippen LogP contribution in [0.3, 0.4) is 0 Å². The molecule has 5 N–H and O–H groups in total. The van der Waals surface area contributed by atoms with Crippen molar-refractivity contribution in [1.82, 2.24) is 0 Å². The molecule has 19 heavy (non-hydrogen) atoms. The van der Waals surface area contributed by atoms with E-state index in [1.54, 1.807) is 0 Å². The van der Waals surface area contributed by atoms with Crippen LogP contribution in [0.1, 0.15) is 25.8 Å². The van der Waals surface area contributed by atoms with Crippen molar-refractivity contribution in [3.8, 4) is 0 Å². The summed E-state index contributed by atoms with van der Waals surface area (Å²) in [6.45, 7) is 4.30. The Morgan fingerprint density at radius 3 is 2.68 bits per heavy atom. The lowest BCUT2D eigenvalue weighted by Crippen LogP contribution is -2.22. The maximum absolute atomic E-state index is 11.7. The molecule has 0 saturated heterocycles. The fourth-order valence-electron chi connectivity index (χ4n) is 1.38. The number of carbonyl (C=O) groups is 1. The third-order valence-electron chi connectivity index (χ3n) is 2.70. The predicted molar refractivity (Wildman–Crippen MR) is 89.5 cm³/mol. The number of amides is 1. The van der Waals surface area contributed by atoms with Gasteiger partial charge in [-0.05, 0) is 24.1 Å². The van der Waals surface area contributed by atoms with Gasteiger partial charge in [-0.25, -0.2) is 4.99 Å². The van der Waals surface area contributed by atoms with Crippen molar-refractivity contribution < 1.29 is 4.79 Å². The van der Waals surface area contributed by atoms with E-state index < -0.39 is 0 Å². The number of aliphatic imine (C=N–C) groups is 1. The predicted octanol–water partition coefficient (Wildman–Crippen LogP) is 2.06. The summed E-state index contributed by atoms with van der Waals surface area (Å²) in [6.07, 6.45) is 0.819. The molecule has 1 unspecified atom stereocenters. The van der Waals surface area contributed by atoms with E-state index >= 15 is 0 Å². The number of nitrogens with one attached hydrogen (secondary N) is 1. The molecular weight excluding hydrogens is 355 g/mol. The van der Waals surface area contributed by atoms with Crippen molar-refractivity contribution in [1.29, 1.82) is 0 Å². The maximum Gasteiger partial charge on any atom is 0.227 e. The number of nitrogens with two attached hydrogens (primary N) is 2. The van der Waals surface area contributed by atoms with Gasteiger partial charge in [0.25, 0.3) is 0 Å². The van der Waals surface area contributed by atoms with Crippen LogP contribution < -0.4 is 16.8 Å². The molecule has 6 heteroatoms. The Labute approximate surface area is 130 Å². The van der Waals surface area contributed by atoms with Crippen molar-refractivity contribution >= 4 is 41.5 Å². The first-order chi connectivity index (χ1) is 8.52. The van der Waals surface area contributed by atoms with Crippen molar-refractivity contribution in [2.45, 2.75) is 26.8 Å². The van der Waals surface area contributed by atoms with E-state index in [-0.39, 0.29) is 41.8 Å². The highest BCUT2D eigenvalue weighted by Gasteiger charge is 2.10. The first kappa shape index (κ1) is 17.7. The number of carbonyl (C=O) groups excluding carboxylic acids is 1. The highest BCUT2D eigenvalue weighted by Crippen LogP contribution is 2.13. The van der Waals surface area contributed by atoms with E-state index in [2.05, 4.69) is 10.3 Å². The van der Waals surface area contributed by atoms with E-state index in [4.69, 9.17) is 11.5 Å². The Bertz CT molecular complexity index is 444. The zero-order chi connectivity index (χ0) is 13.5. The Hall–Kier alpha value is -1.31. The molecule has 106 valence electrons. The minimum Gasteiger partial charge on any atom is -0.370 e. The van der Waals surface area contributed by atoms with Gasteiger partial charge in [-0.3, -0.25) is 4.79 Å². The quantitative estimate of drug-likeness (QED) is 0.417. The fraction of sp³-hybridized carbons (Fsp3) is 0.385. The minimum atomic E-state index is 0. The molecular formula is C13H21IN4O. The normalized spacial score (nSPS) is 11.1. The Kier molecular flexibility index (Phi) is 8.13. The molecule has 0 aliphatic carbocycles. The van der Waals surface area contributed by atoms with Gasteiger partial charge < -0.3 is 16.8 Å². The second-order valence-corrected chi connectivity index (χ2v) is 4.24. The Morgan fingerprint density at radius 1 is 1.42 bits per heavy atom. The maximum atomic E-state index is 11.7. The molecule has 5 nitrogen and oxygen atoms in total. The summed E-state index contributed by atoms with van der Waals surface area (Å²) in [7, 11) is 0. The van der Waals surface area contributed by atoms with Crippen LogP contribution in [0.15, 0.2) is 29.3 Å². The molecule has 0 heterocycles. The number of rotatable bonds is 5. The molecule has 0 fully saturated rings. The Morgan fingerprint density at radius 2 is 2.11 bits per heavy atom. The molecule has 0 saturated carbocycles. The topological polar surface area (TPSA) is 93.5 Å². The van der Waals surface area contributed by atoms with E-state index in [1.165, 1.54) is 0 Å². The third-order valence-corrected chi connectivity index (χ3v) is 2.70. The van der Waals surface area contributed by atoms with Gasteiger partial charge >= 0.3 is 0 Å². The highest BCUT2D eigenvalue weighted by molar-refractivity contribution is 14.0. The number of benzene rings is 1. The SMILES string of the molecule is CCC(C)C(=O)Nc1cccc(CN=C(N)N)c1.I. The first-order valence-corrected chi connectivity index (χ1v) is 5.98. The van der Waals surface area contributed by atoms with Crippen LogP contribution in [-0.4, -0.2) is 11.9 Å². The Balaban J connectivity index is 0.00000324. The summed E-state index contributed by atoms with van der Waals surface area (Å²) in [5.74, 6) is 0.0897. The molecule has 0 radical (unpaired) electrons. The van der Waals surface area contributed by atoms with Gasteiger partial charge in [0, 0.05) is 11.6 Å². The number of hydrogen-bond acceptors (Lipinski definition) is 2. The molecule has 0 spiro atoms. The number of anilines is 1. The van der Waals surface area contributed by atoms with Gasteiger partial charge in [0.1, 0.15) is 0 Å². The summed E-state index contributed by atoms with van der Waals surface area (Å²) in [4.78, 5) is 15.7. The van der Waals surface area contributed by atoms with E-state index in [9.17, 15) is 4.79 Å². The molecule has 1 aromatic rings. The summed E-state index contributed by atoms with van der Waals surface area (Å²) >= 11 is 0. The highest BCUT2D eigenvalue weighted by atomic mass is 127. The van der Waals surface area contributed by atoms with Crippen molar-refractivity contribution in [2.24, 2.45) is 22.4 Å². The average molecular weight is 376 g/mol. The van der Waals surface area contributed by atoms with Gasteiger partial charge in [-0.1, -0.05) is 26.0 Å². The molecule has 0 bridgehead atoms. The van der Waals surface area contributed by atoms with Crippen LogP contribution >= 0.6 is 24.0 Å². The summed E-state index contributed by atoms with van der Waals surface area (Å²) < 4.78 is 0. The third kappa shape index (κ3) is 6.42. The first-order valence-electron chi connectivity index (χ1n) is 5.98. The zero-order valence-electron chi connectivity index (χ0n) is 11.2. The molecule has 1 rings (SSSR count). The standard InChI is InChI=1S/C13H20N4O.HI/c1-3-9(2)12(18)17-11-6-4-5-10(7-11)8-16-13(14)15;/h4-7,9H,3,8H2,1-2H3,(H,17,18)(H4,14,15,16);1H. The lowest BCUT2D eigenvalue weighted by Gasteiger charge is -2.10. The summed E-state index contributed by atoms with van der Waals surface area (Å²) in [5.41, 5.74) is 12.3. The largest absolute Gasteiger partial charge is 0.370 e. The van der Waals surface area contributed by atoms with Gasteiger partial charge in [-0.15, -0.1) is 24.0 Å². The monoisotopic (exact) mass is 376 g/mol. The van der Waals surface area contributed by atoms with Crippen LogP contribution in [0, 0.1) is 5.92 Å². The zero-order valence-corrected chi connectivity index (χ0v) is 13.5. The summed E-state index contributed by atoms with van der Waals surface area (Å²) in [6, 6.07) is 7.49. The van der Waals surface area contributed by atoms with Gasteiger partial charge in [-0.2, -0.15) is 0 Å². The smallest absolute Gasteiger partial charge is 0.227 e. The lowest BCUT2D eigenvalue weighted by molar-refractivity contribution is -0.119. The van der Waals surface area contributed by atoms with Crippen LogP contribution in [0.5, 0.6) is 0 Å². The van der Waals surface area contributed by atoms with E-state index in [0.717, 1.165) is 17.7 Å². The molecule has 1 amide bonds. The van der Waals surface area contributed by atoms with Gasteiger partial charge in [0.2, 0.25) is 5.91 Å². The number of nitrogens with zero attached hydrogens (tertiary/aromatic N) is 1. The lowest BCUT2D eigenvalue weighted by atomic mass is 10.1. The van der Waals surface area contributed by atoms with Crippen LogP contribution in [0.2, 0.25) is 0 Å². The molecule has 0 aliphatic heterocycles. The molecule has 1 atom stereocenters. The minimum absolute atomic E-state index is 0. The summed E-state index contributed by atoms with van der Waals surface area (Å²) in [5, 5.41) is 2.87. The average Bonchev–Trinajstić information content (AvgIpc) is 2.35. The van der Waals surface area contributed by atoms with Crippen LogP contribution in [0.25, 0.3) is 0 Å². The molecule has 0 aliphatic rings. The van der Waals surface area contributed by atoms with E-state index in [1.807, 2.05) is 38.1 Å². The number of halogens is 1. The van der Waals surface area contributed by atoms with Gasteiger partial charge in [0.05, 0.1) is 6.54 Å². The van der Waals surface area contributed by atoms with Crippen LogP contribution in [-0.2, 0) is 11.3 Å². The van der Waals surface area contributed by atoms with Crippen LogP contribution in [0.4, 0.5) is 5.69 Å². The second-order valence-electron chi connectivity index (χ2n) is 4.24. The second kappa shape index (κ2) is 8.73.